The minimum absolute atomic E-state index is 0.0693. The Hall–Kier alpha value is -2.79. The fourth-order valence-corrected chi connectivity index (χ4v) is 4.66. The number of piperazine rings is 1. The van der Waals surface area contributed by atoms with Crippen LogP contribution < -0.4 is 4.90 Å². The van der Waals surface area contributed by atoms with Crippen molar-refractivity contribution in [3.8, 4) is 5.75 Å². The van der Waals surface area contributed by atoms with Crippen LogP contribution in [-0.4, -0.2) is 65.6 Å². The van der Waals surface area contributed by atoms with E-state index in [2.05, 4.69) is 36.3 Å². The van der Waals surface area contributed by atoms with Crippen molar-refractivity contribution in [1.29, 1.82) is 0 Å². The van der Waals surface area contributed by atoms with Crippen LogP contribution in [-0.2, 0) is 6.42 Å². The summed E-state index contributed by atoms with van der Waals surface area (Å²) in [5.41, 5.74) is 3.87. The van der Waals surface area contributed by atoms with Crippen LogP contribution in [0.1, 0.15) is 49.2 Å². The highest BCUT2D eigenvalue weighted by molar-refractivity contribution is 5.94. The predicted octanol–water partition coefficient (Wildman–Crippen LogP) is 4.55. The summed E-state index contributed by atoms with van der Waals surface area (Å²) in [6, 6.07) is 14.3. The molecule has 1 aliphatic rings. The third kappa shape index (κ3) is 5.16. The molecule has 1 saturated heterocycles. The van der Waals surface area contributed by atoms with Crippen molar-refractivity contribution in [2.75, 3.05) is 37.6 Å². The van der Waals surface area contributed by atoms with Crippen molar-refractivity contribution in [3.05, 3.63) is 71.8 Å². The highest BCUT2D eigenvalue weighted by atomic mass is 16.3. The molecule has 32 heavy (non-hydrogen) atoms. The van der Waals surface area contributed by atoms with E-state index in [1.807, 2.05) is 55.2 Å². The summed E-state index contributed by atoms with van der Waals surface area (Å²) in [6.07, 6.45) is 2.66. The van der Waals surface area contributed by atoms with Gasteiger partial charge in [0.05, 0.1) is 5.69 Å². The normalized spacial score (nSPS) is 19.1. The first-order chi connectivity index (χ1) is 15.4. The first-order valence-electron chi connectivity index (χ1n) is 11.7. The van der Waals surface area contributed by atoms with Gasteiger partial charge in [0, 0.05) is 50.4 Å². The van der Waals surface area contributed by atoms with Gasteiger partial charge >= 0.3 is 0 Å². The van der Waals surface area contributed by atoms with Crippen LogP contribution >= 0.6 is 0 Å². The molecule has 0 aliphatic carbocycles. The molecular formula is C27H37N3O2. The lowest BCUT2D eigenvalue weighted by molar-refractivity contribution is 0.0773. The molecular weight excluding hydrogens is 398 g/mol. The Labute approximate surface area is 193 Å². The van der Waals surface area contributed by atoms with E-state index in [9.17, 15) is 9.90 Å². The Morgan fingerprint density at radius 3 is 2.41 bits per heavy atom. The molecule has 1 N–H and O–H groups in total. The number of hydrogen-bond acceptors (Lipinski definition) is 4. The highest BCUT2D eigenvalue weighted by Crippen LogP contribution is 2.36. The molecule has 0 unspecified atom stereocenters. The molecule has 1 fully saturated rings. The second kappa shape index (κ2) is 10.7. The van der Waals surface area contributed by atoms with Crippen LogP contribution in [0, 0.1) is 0 Å². The Morgan fingerprint density at radius 2 is 1.78 bits per heavy atom. The minimum Gasteiger partial charge on any atom is -0.506 e. The first-order valence-corrected chi connectivity index (χ1v) is 11.7. The number of nitrogens with zero attached hydrogens (tertiary/aromatic N) is 3. The molecule has 172 valence electrons. The van der Waals surface area contributed by atoms with E-state index in [1.54, 1.807) is 6.07 Å². The molecule has 2 aromatic rings. The number of carbonyl (C=O) groups is 1. The van der Waals surface area contributed by atoms with Gasteiger partial charge in [0.15, 0.2) is 0 Å². The maximum Gasteiger partial charge on any atom is 0.253 e. The predicted molar refractivity (Wildman–Crippen MR) is 133 cm³/mol. The minimum atomic E-state index is 0.0693. The van der Waals surface area contributed by atoms with E-state index in [1.165, 1.54) is 0 Å². The Morgan fingerprint density at radius 1 is 1.09 bits per heavy atom. The molecule has 3 rings (SSSR count). The zero-order chi connectivity index (χ0) is 23.3. The summed E-state index contributed by atoms with van der Waals surface area (Å²) in [5.74, 6) is 0.395. The van der Waals surface area contributed by atoms with E-state index in [4.69, 9.17) is 0 Å². The lowest BCUT2D eigenvalue weighted by Gasteiger charge is -2.45. The van der Waals surface area contributed by atoms with Crippen LogP contribution in [0.25, 0.3) is 0 Å². The number of phenols is 1. The highest BCUT2D eigenvalue weighted by Gasteiger charge is 2.31. The molecule has 2 aromatic carbocycles. The van der Waals surface area contributed by atoms with Crippen molar-refractivity contribution in [1.82, 2.24) is 9.80 Å². The van der Waals surface area contributed by atoms with Gasteiger partial charge in [0.25, 0.3) is 5.91 Å². The second-order valence-electron chi connectivity index (χ2n) is 8.73. The number of phenolic OH excluding ortho intramolecular Hbond substituents is 1. The van der Waals surface area contributed by atoms with Crippen molar-refractivity contribution in [2.24, 2.45) is 0 Å². The summed E-state index contributed by atoms with van der Waals surface area (Å²) >= 11 is 0. The molecule has 0 saturated carbocycles. The molecule has 0 bridgehead atoms. The molecule has 5 heteroatoms. The fourth-order valence-electron chi connectivity index (χ4n) is 4.66. The monoisotopic (exact) mass is 435 g/mol. The maximum atomic E-state index is 12.6. The van der Waals surface area contributed by atoms with E-state index >= 15 is 0 Å². The summed E-state index contributed by atoms with van der Waals surface area (Å²) < 4.78 is 0. The lowest BCUT2D eigenvalue weighted by Crippen LogP contribution is -2.56. The van der Waals surface area contributed by atoms with Gasteiger partial charge in [-0.15, -0.1) is 6.58 Å². The Kier molecular flexibility index (Phi) is 7.97. The van der Waals surface area contributed by atoms with Crippen LogP contribution in [0.15, 0.2) is 55.1 Å². The van der Waals surface area contributed by atoms with Crippen LogP contribution in [0.5, 0.6) is 5.75 Å². The van der Waals surface area contributed by atoms with E-state index in [-0.39, 0.29) is 11.9 Å². The summed E-state index contributed by atoms with van der Waals surface area (Å²) in [6.45, 7) is 16.4. The lowest BCUT2D eigenvalue weighted by atomic mass is 9.98. The molecule has 5 nitrogen and oxygen atoms in total. The number of para-hydroxylation sites is 1. The number of benzene rings is 2. The van der Waals surface area contributed by atoms with Gasteiger partial charge in [-0.3, -0.25) is 9.69 Å². The third-order valence-corrected chi connectivity index (χ3v) is 6.51. The van der Waals surface area contributed by atoms with Crippen molar-refractivity contribution in [3.63, 3.8) is 0 Å². The molecule has 0 spiro atoms. The number of carbonyl (C=O) groups excluding carboxylic acids is 1. The van der Waals surface area contributed by atoms with Crippen LogP contribution in [0.3, 0.4) is 0 Å². The SMILES string of the molecule is C=CCN1C[C@H](C)N(c2c(O)cccc2Cc2ccc(C(=O)N(CC)CC)cc2)C[C@H]1C. The smallest absolute Gasteiger partial charge is 0.253 e. The Bertz CT molecular complexity index is 921. The van der Waals surface area contributed by atoms with Gasteiger partial charge in [0.2, 0.25) is 0 Å². The molecule has 0 aromatic heterocycles. The summed E-state index contributed by atoms with van der Waals surface area (Å²) in [7, 11) is 0. The zero-order valence-corrected chi connectivity index (χ0v) is 19.9. The van der Waals surface area contributed by atoms with Crippen molar-refractivity contribution >= 4 is 11.6 Å². The number of aromatic hydroxyl groups is 1. The molecule has 0 radical (unpaired) electrons. The van der Waals surface area contributed by atoms with E-state index in [0.29, 0.717) is 31.3 Å². The quantitative estimate of drug-likeness (QED) is 0.618. The van der Waals surface area contributed by atoms with Gasteiger partial charge in [-0.2, -0.15) is 0 Å². The van der Waals surface area contributed by atoms with Gasteiger partial charge in [-0.1, -0.05) is 30.3 Å². The van der Waals surface area contributed by atoms with Crippen LogP contribution in [0.2, 0.25) is 0 Å². The molecule has 2 atom stereocenters. The summed E-state index contributed by atoms with van der Waals surface area (Å²) in [5, 5.41) is 10.8. The molecule has 1 amide bonds. The van der Waals surface area contributed by atoms with Crippen LogP contribution in [0.4, 0.5) is 5.69 Å². The Balaban J connectivity index is 1.83. The average molecular weight is 436 g/mol. The number of anilines is 1. The largest absolute Gasteiger partial charge is 0.506 e. The van der Waals surface area contributed by atoms with Gasteiger partial charge in [-0.05, 0) is 63.4 Å². The topological polar surface area (TPSA) is 47.0 Å². The maximum absolute atomic E-state index is 12.6. The van der Waals surface area contributed by atoms with E-state index < -0.39 is 0 Å². The van der Waals surface area contributed by atoms with E-state index in [0.717, 1.165) is 42.0 Å². The van der Waals surface area contributed by atoms with Crippen molar-refractivity contribution in [2.45, 2.75) is 46.2 Å². The second-order valence-corrected chi connectivity index (χ2v) is 8.73. The average Bonchev–Trinajstić information content (AvgIpc) is 2.78. The molecule has 1 heterocycles. The van der Waals surface area contributed by atoms with Gasteiger partial charge in [-0.25, -0.2) is 0 Å². The molecule has 1 aliphatic heterocycles. The zero-order valence-electron chi connectivity index (χ0n) is 19.9. The van der Waals surface area contributed by atoms with Gasteiger partial charge < -0.3 is 14.9 Å². The van der Waals surface area contributed by atoms with Crippen molar-refractivity contribution < 1.29 is 9.90 Å². The first kappa shape index (κ1) is 23.9. The third-order valence-electron chi connectivity index (χ3n) is 6.51. The number of rotatable bonds is 8. The summed E-state index contributed by atoms with van der Waals surface area (Å²) in [4.78, 5) is 19.2. The fraction of sp³-hybridized carbons (Fsp3) is 0.444. The number of hydrogen-bond donors (Lipinski definition) is 1. The number of amides is 1. The standard InChI is InChI=1S/C27H37N3O2/c1-6-16-29-18-21(5)30(19-20(29)4)26-24(10-9-11-25(26)31)17-22-12-14-23(15-13-22)27(32)28(7-2)8-3/h6,9-15,20-21,31H,1,7-8,16-19H2,2-5H3/t20-,21+/m1/s1. The van der Waals surface area contributed by atoms with Gasteiger partial charge in [0.1, 0.15) is 5.75 Å².